The molecule has 5 unspecified atom stereocenters. The molecule has 0 bridgehead atoms. The first kappa shape index (κ1) is 25.8. The molecule has 2 aliphatic carbocycles. The highest BCUT2D eigenvalue weighted by molar-refractivity contribution is 5.70. The predicted octanol–water partition coefficient (Wildman–Crippen LogP) is 4.45. The van der Waals surface area contributed by atoms with E-state index in [0.717, 1.165) is 32.1 Å². The predicted molar refractivity (Wildman–Crippen MR) is 123 cm³/mol. The van der Waals surface area contributed by atoms with Gasteiger partial charge in [0.1, 0.15) is 6.61 Å². The monoisotopic (exact) mass is 434 g/mol. The van der Waals surface area contributed by atoms with Crippen LogP contribution < -0.4 is 0 Å². The number of rotatable bonds is 12. The highest BCUT2D eigenvalue weighted by atomic mass is 16.6. The van der Waals surface area contributed by atoms with Gasteiger partial charge in [0.25, 0.3) is 0 Å². The van der Waals surface area contributed by atoms with Gasteiger partial charge >= 0.3 is 5.97 Å². The number of esters is 1. The van der Waals surface area contributed by atoms with Crippen molar-refractivity contribution < 1.29 is 24.5 Å². The van der Waals surface area contributed by atoms with E-state index in [2.05, 4.69) is 50.7 Å². The van der Waals surface area contributed by atoms with Gasteiger partial charge in [-0.3, -0.25) is 0 Å². The summed E-state index contributed by atoms with van der Waals surface area (Å²) in [4.78, 5) is 11.2. The van der Waals surface area contributed by atoms with Crippen LogP contribution >= 0.6 is 0 Å². The van der Waals surface area contributed by atoms with E-state index >= 15 is 0 Å². The second-order valence-corrected chi connectivity index (χ2v) is 9.80. The second kappa shape index (κ2) is 12.6. The highest BCUT2D eigenvalue weighted by Crippen LogP contribution is 2.48. The molecule has 0 amide bonds. The van der Waals surface area contributed by atoms with Crippen molar-refractivity contribution in [3.63, 3.8) is 0 Å². The third-order valence-corrected chi connectivity index (χ3v) is 6.76. The summed E-state index contributed by atoms with van der Waals surface area (Å²) in [5, 5.41) is 21.0. The molecule has 0 saturated heterocycles. The van der Waals surface area contributed by atoms with Crippen molar-refractivity contribution >= 4 is 5.97 Å². The van der Waals surface area contributed by atoms with Gasteiger partial charge in [0.2, 0.25) is 0 Å². The van der Waals surface area contributed by atoms with Crippen molar-refractivity contribution in [3.8, 4) is 0 Å². The summed E-state index contributed by atoms with van der Waals surface area (Å²) in [6.45, 7) is 9.01. The fraction of sp³-hybridized carbons (Fsp3) is 0.731. The van der Waals surface area contributed by atoms with E-state index in [0.29, 0.717) is 24.4 Å². The van der Waals surface area contributed by atoms with Gasteiger partial charge in [-0.15, -0.1) is 0 Å². The molecule has 0 aliphatic heterocycles. The zero-order valence-corrected chi connectivity index (χ0v) is 19.9. The SMILES string of the molecule is COC(=O)COCC(C)C1=CC2C[C@@H](O)[C@H](/C=C/C(O)CC(C)CCC=C(C)C)C2C1. The number of aliphatic hydroxyl groups excluding tert-OH is 2. The van der Waals surface area contributed by atoms with Gasteiger partial charge < -0.3 is 19.7 Å². The van der Waals surface area contributed by atoms with Crippen LogP contribution in [-0.2, 0) is 14.3 Å². The third kappa shape index (κ3) is 8.21. The molecule has 5 nitrogen and oxygen atoms in total. The van der Waals surface area contributed by atoms with Gasteiger partial charge in [0.05, 0.1) is 25.9 Å². The zero-order chi connectivity index (χ0) is 23.0. The largest absolute Gasteiger partial charge is 0.467 e. The fourth-order valence-corrected chi connectivity index (χ4v) is 4.92. The molecule has 2 rings (SSSR count). The Balaban J connectivity index is 1.82. The molecule has 0 aromatic rings. The first-order valence-corrected chi connectivity index (χ1v) is 11.7. The average molecular weight is 435 g/mol. The number of fused-ring (bicyclic) bond motifs is 1. The summed E-state index contributed by atoms with van der Waals surface area (Å²) in [7, 11) is 1.36. The van der Waals surface area contributed by atoms with Crippen LogP contribution in [0.25, 0.3) is 0 Å². The highest BCUT2D eigenvalue weighted by Gasteiger charge is 2.44. The Morgan fingerprint density at radius 1 is 1.32 bits per heavy atom. The number of ether oxygens (including phenoxy) is 2. The minimum atomic E-state index is -0.465. The molecule has 0 aromatic heterocycles. The molecular formula is C26H42O5. The molecule has 0 spiro atoms. The van der Waals surface area contributed by atoms with Crippen molar-refractivity contribution in [2.24, 2.45) is 29.6 Å². The molecule has 0 aromatic carbocycles. The van der Waals surface area contributed by atoms with Crippen LogP contribution in [0.4, 0.5) is 0 Å². The van der Waals surface area contributed by atoms with E-state index in [-0.39, 0.29) is 30.5 Å². The number of carbonyl (C=O) groups excluding carboxylic acids is 1. The minimum Gasteiger partial charge on any atom is -0.467 e. The molecule has 176 valence electrons. The molecule has 0 heterocycles. The number of hydrogen-bond donors (Lipinski definition) is 2. The molecule has 2 N–H and O–H groups in total. The van der Waals surface area contributed by atoms with Gasteiger partial charge in [0.15, 0.2) is 0 Å². The number of aliphatic hydroxyl groups is 2. The summed E-state index contributed by atoms with van der Waals surface area (Å²) in [5.41, 5.74) is 2.69. The topological polar surface area (TPSA) is 76.0 Å². The van der Waals surface area contributed by atoms with Crippen molar-refractivity contribution in [3.05, 3.63) is 35.5 Å². The summed E-state index contributed by atoms with van der Waals surface area (Å²) >= 11 is 0. The van der Waals surface area contributed by atoms with E-state index in [1.165, 1.54) is 18.3 Å². The first-order valence-electron chi connectivity index (χ1n) is 11.7. The Hall–Kier alpha value is -1.43. The van der Waals surface area contributed by atoms with E-state index in [4.69, 9.17) is 4.74 Å². The van der Waals surface area contributed by atoms with Crippen molar-refractivity contribution in [1.82, 2.24) is 0 Å². The molecule has 31 heavy (non-hydrogen) atoms. The first-order chi connectivity index (χ1) is 14.7. The number of methoxy groups -OCH3 is 1. The van der Waals surface area contributed by atoms with Crippen molar-refractivity contribution in [1.29, 1.82) is 0 Å². The van der Waals surface area contributed by atoms with Crippen molar-refractivity contribution in [2.45, 2.75) is 72.0 Å². The van der Waals surface area contributed by atoms with Gasteiger partial charge in [-0.2, -0.15) is 0 Å². The van der Waals surface area contributed by atoms with Crippen LogP contribution in [0.15, 0.2) is 35.5 Å². The summed E-state index contributed by atoms with van der Waals surface area (Å²) in [6, 6.07) is 0. The van der Waals surface area contributed by atoms with Crippen molar-refractivity contribution in [2.75, 3.05) is 20.3 Å². The van der Waals surface area contributed by atoms with Crippen LogP contribution in [-0.4, -0.2) is 48.7 Å². The van der Waals surface area contributed by atoms with Crippen LogP contribution in [0.3, 0.4) is 0 Å². The number of carbonyl (C=O) groups is 1. The van der Waals surface area contributed by atoms with E-state index in [1.54, 1.807) is 0 Å². The Morgan fingerprint density at radius 3 is 2.74 bits per heavy atom. The standard InChI is InChI=1S/C26H42O5/c1-17(2)7-6-8-18(3)11-22(27)9-10-23-24-13-20(12-21(24)14-25(23)28)19(4)15-31-16-26(29)30-5/h7,9-10,12,18-19,21-25,27-28H,6,8,11,13-16H2,1-5H3/b10-9+/t18?,19?,21?,22?,23-,24?,25-/m1/s1. The maximum atomic E-state index is 11.2. The van der Waals surface area contributed by atoms with Crippen LogP contribution in [0, 0.1) is 29.6 Å². The Bertz CT molecular complexity index is 661. The lowest BCUT2D eigenvalue weighted by Gasteiger charge is -2.21. The van der Waals surface area contributed by atoms with Gasteiger partial charge in [0, 0.05) is 11.8 Å². The molecule has 1 fully saturated rings. The quantitative estimate of drug-likeness (QED) is 0.351. The van der Waals surface area contributed by atoms with Gasteiger partial charge in [-0.05, 0) is 63.7 Å². The lowest BCUT2D eigenvalue weighted by molar-refractivity contribution is -0.146. The molecular weight excluding hydrogens is 392 g/mol. The smallest absolute Gasteiger partial charge is 0.331 e. The number of hydrogen-bond acceptors (Lipinski definition) is 5. The number of allylic oxidation sites excluding steroid dienone is 3. The average Bonchev–Trinajstić information content (AvgIpc) is 3.23. The molecule has 0 radical (unpaired) electrons. The maximum Gasteiger partial charge on any atom is 0.331 e. The van der Waals surface area contributed by atoms with E-state index < -0.39 is 6.10 Å². The lowest BCUT2D eigenvalue weighted by Crippen LogP contribution is -2.20. The molecule has 1 saturated carbocycles. The summed E-state index contributed by atoms with van der Waals surface area (Å²) in [6.07, 6.45) is 12.3. The minimum absolute atomic E-state index is 0.0182. The Morgan fingerprint density at radius 2 is 2.06 bits per heavy atom. The van der Waals surface area contributed by atoms with E-state index in [9.17, 15) is 15.0 Å². The maximum absolute atomic E-state index is 11.2. The van der Waals surface area contributed by atoms with Crippen LogP contribution in [0.5, 0.6) is 0 Å². The summed E-state index contributed by atoms with van der Waals surface area (Å²) < 4.78 is 10.1. The summed E-state index contributed by atoms with van der Waals surface area (Å²) in [5.74, 6) is 1.18. The Labute approximate surface area is 188 Å². The Kier molecular flexibility index (Phi) is 10.5. The van der Waals surface area contributed by atoms with Gasteiger partial charge in [-0.25, -0.2) is 4.79 Å². The lowest BCUT2D eigenvalue weighted by atomic mass is 9.87. The molecule has 7 atom stereocenters. The zero-order valence-electron chi connectivity index (χ0n) is 19.9. The molecule has 2 aliphatic rings. The molecule has 5 heteroatoms. The normalized spacial score (nSPS) is 28.2. The third-order valence-electron chi connectivity index (χ3n) is 6.76. The van der Waals surface area contributed by atoms with Crippen LogP contribution in [0.1, 0.15) is 59.8 Å². The van der Waals surface area contributed by atoms with Gasteiger partial charge in [-0.1, -0.05) is 49.3 Å². The second-order valence-electron chi connectivity index (χ2n) is 9.80. The van der Waals surface area contributed by atoms with E-state index in [1.807, 2.05) is 6.08 Å². The fourth-order valence-electron chi connectivity index (χ4n) is 4.92. The van der Waals surface area contributed by atoms with Crippen LogP contribution in [0.2, 0.25) is 0 Å².